The molecule has 1 saturated heterocycles. The van der Waals surface area contributed by atoms with Gasteiger partial charge in [0.1, 0.15) is 0 Å². The second-order valence-electron chi connectivity index (χ2n) is 7.46. The molecule has 1 saturated carbocycles. The Morgan fingerprint density at radius 1 is 1.08 bits per heavy atom. The number of nitrogens with zero attached hydrogens (tertiary/aromatic N) is 1. The highest BCUT2D eigenvalue weighted by molar-refractivity contribution is 5.85. The summed E-state index contributed by atoms with van der Waals surface area (Å²) < 4.78 is 0. The highest BCUT2D eigenvalue weighted by atomic mass is 35.5. The van der Waals surface area contributed by atoms with Crippen LogP contribution in [0, 0.1) is 5.92 Å². The lowest BCUT2D eigenvalue weighted by Crippen LogP contribution is -2.53. The number of nitrogens with one attached hydrogen (secondary N) is 1. The topological polar surface area (TPSA) is 75.4 Å². The lowest BCUT2D eigenvalue weighted by atomic mass is 9.88. The molecule has 0 aromatic rings. The molecule has 2 aliphatic rings. The molecule has 0 bridgehead atoms. The van der Waals surface area contributed by atoms with Crippen LogP contribution in [0.25, 0.3) is 0 Å². The Morgan fingerprint density at radius 2 is 1.71 bits per heavy atom. The zero-order chi connectivity index (χ0) is 16.8. The van der Waals surface area contributed by atoms with Crippen molar-refractivity contribution in [1.29, 1.82) is 0 Å². The van der Waals surface area contributed by atoms with Crippen LogP contribution in [0.3, 0.4) is 0 Å². The van der Waals surface area contributed by atoms with Gasteiger partial charge in [-0.3, -0.25) is 9.59 Å². The maximum Gasteiger partial charge on any atom is 0.224 e. The van der Waals surface area contributed by atoms with E-state index in [1.54, 1.807) is 0 Å². The largest absolute Gasteiger partial charge is 0.353 e. The summed E-state index contributed by atoms with van der Waals surface area (Å²) in [5.74, 6) is 0.406. The highest BCUT2D eigenvalue weighted by Gasteiger charge is 2.30. The molecule has 140 valence electrons. The fourth-order valence-corrected chi connectivity index (χ4v) is 3.97. The summed E-state index contributed by atoms with van der Waals surface area (Å²) in [6.45, 7) is 4.71. The predicted molar refractivity (Wildman–Crippen MR) is 99.0 cm³/mol. The van der Waals surface area contributed by atoms with Crippen LogP contribution in [0.4, 0.5) is 0 Å². The Kier molecular flexibility index (Phi) is 9.06. The summed E-state index contributed by atoms with van der Waals surface area (Å²) >= 11 is 0. The Labute approximate surface area is 152 Å². The van der Waals surface area contributed by atoms with E-state index in [9.17, 15) is 9.59 Å². The van der Waals surface area contributed by atoms with E-state index in [0.717, 1.165) is 51.5 Å². The van der Waals surface area contributed by atoms with Crippen LogP contribution >= 0.6 is 12.4 Å². The van der Waals surface area contributed by atoms with E-state index in [1.165, 1.54) is 6.42 Å². The molecule has 3 atom stereocenters. The third-order valence-corrected chi connectivity index (χ3v) is 5.32. The van der Waals surface area contributed by atoms with E-state index in [-0.39, 0.29) is 48.3 Å². The molecule has 2 rings (SSSR count). The average molecular weight is 360 g/mol. The first-order valence-electron chi connectivity index (χ1n) is 9.34. The van der Waals surface area contributed by atoms with Crippen LogP contribution in [0.15, 0.2) is 0 Å². The molecule has 1 aliphatic carbocycles. The van der Waals surface area contributed by atoms with Crippen molar-refractivity contribution in [3.05, 3.63) is 0 Å². The summed E-state index contributed by atoms with van der Waals surface area (Å²) in [6.07, 6.45) is 9.09. The summed E-state index contributed by atoms with van der Waals surface area (Å²) in [6, 6.07) is 0.0523. The molecular weight excluding hydrogens is 326 g/mol. The van der Waals surface area contributed by atoms with E-state index in [2.05, 4.69) is 5.32 Å². The van der Waals surface area contributed by atoms with Crippen LogP contribution < -0.4 is 11.1 Å². The Bertz CT molecular complexity index is 411. The van der Waals surface area contributed by atoms with Gasteiger partial charge in [0, 0.05) is 37.0 Å². The van der Waals surface area contributed by atoms with Gasteiger partial charge < -0.3 is 16.0 Å². The van der Waals surface area contributed by atoms with Gasteiger partial charge in [-0.2, -0.15) is 0 Å². The van der Waals surface area contributed by atoms with Crippen molar-refractivity contribution in [2.24, 2.45) is 11.7 Å². The molecule has 0 spiro atoms. The molecule has 24 heavy (non-hydrogen) atoms. The summed E-state index contributed by atoms with van der Waals surface area (Å²) in [7, 11) is 0. The third kappa shape index (κ3) is 5.92. The highest BCUT2D eigenvalue weighted by Crippen LogP contribution is 2.24. The minimum atomic E-state index is -0.104. The molecule has 1 aliphatic heterocycles. The minimum Gasteiger partial charge on any atom is -0.353 e. The first-order valence-corrected chi connectivity index (χ1v) is 9.34. The second kappa shape index (κ2) is 10.2. The zero-order valence-electron chi connectivity index (χ0n) is 15.1. The number of halogens is 1. The van der Waals surface area contributed by atoms with Gasteiger partial charge in [-0.25, -0.2) is 0 Å². The molecule has 5 nitrogen and oxygen atoms in total. The van der Waals surface area contributed by atoms with Gasteiger partial charge in [0.2, 0.25) is 11.8 Å². The van der Waals surface area contributed by atoms with Crippen LogP contribution in [-0.2, 0) is 9.59 Å². The van der Waals surface area contributed by atoms with Crippen molar-refractivity contribution < 1.29 is 9.59 Å². The third-order valence-electron chi connectivity index (χ3n) is 5.32. The van der Waals surface area contributed by atoms with Gasteiger partial charge in [0.15, 0.2) is 0 Å². The Hall–Kier alpha value is -0.810. The van der Waals surface area contributed by atoms with Gasteiger partial charge in [-0.1, -0.05) is 19.3 Å². The lowest BCUT2D eigenvalue weighted by molar-refractivity contribution is -0.136. The number of piperidine rings is 1. The smallest absolute Gasteiger partial charge is 0.224 e. The monoisotopic (exact) mass is 359 g/mol. The number of carbonyl (C=O) groups excluding carboxylic acids is 2. The molecule has 0 aromatic carbocycles. The first-order chi connectivity index (χ1) is 11.0. The summed E-state index contributed by atoms with van der Waals surface area (Å²) in [5.41, 5.74) is 6.04. The molecule has 0 radical (unpaired) electrons. The zero-order valence-corrected chi connectivity index (χ0v) is 15.9. The van der Waals surface area contributed by atoms with Gasteiger partial charge in [-0.05, 0) is 46.0 Å². The fourth-order valence-electron chi connectivity index (χ4n) is 3.97. The second-order valence-corrected chi connectivity index (χ2v) is 7.46. The molecular formula is C18H34ClN3O2. The van der Waals surface area contributed by atoms with E-state index in [1.807, 2.05) is 18.7 Å². The van der Waals surface area contributed by atoms with E-state index in [0.29, 0.717) is 6.42 Å². The molecule has 0 aromatic heterocycles. The maximum atomic E-state index is 12.6. The van der Waals surface area contributed by atoms with Crippen LogP contribution in [-0.4, -0.2) is 41.4 Å². The normalized spacial score (nSPS) is 24.6. The van der Waals surface area contributed by atoms with E-state index in [4.69, 9.17) is 5.73 Å². The molecule has 6 heteroatoms. The Morgan fingerprint density at radius 3 is 2.33 bits per heavy atom. The molecule has 2 amide bonds. The van der Waals surface area contributed by atoms with Gasteiger partial charge in [0.25, 0.3) is 0 Å². The number of hydrogen-bond acceptors (Lipinski definition) is 3. The van der Waals surface area contributed by atoms with E-state index < -0.39 is 0 Å². The first kappa shape index (κ1) is 21.2. The van der Waals surface area contributed by atoms with Crippen molar-refractivity contribution in [3.8, 4) is 0 Å². The van der Waals surface area contributed by atoms with Crippen LogP contribution in [0.2, 0.25) is 0 Å². The summed E-state index contributed by atoms with van der Waals surface area (Å²) in [4.78, 5) is 26.8. The Balaban J connectivity index is 0.00000288. The molecule has 2 fully saturated rings. The van der Waals surface area contributed by atoms with Crippen molar-refractivity contribution >= 4 is 24.2 Å². The summed E-state index contributed by atoms with van der Waals surface area (Å²) in [5, 5.41) is 3.05. The van der Waals surface area contributed by atoms with Gasteiger partial charge in [0.05, 0.1) is 0 Å². The van der Waals surface area contributed by atoms with Crippen molar-refractivity contribution in [2.45, 2.75) is 89.8 Å². The predicted octanol–water partition coefficient (Wildman–Crippen LogP) is 2.61. The van der Waals surface area contributed by atoms with Crippen LogP contribution in [0.5, 0.6) is 0 Å². The quantitative estimate of drug-likeness (QED) is 0.792. The lowest BCUT2D eigenvalue weighted by Gasteiger charge is -2.38. The molecule has 1 heterocycles. The number of carbonyl (C=O) groups is 2. The minimum absolute atomic E-state index is 0. The number of likely N-dealkylation sites (tertiary alicyclic amines) is 1. The van der Waals surface area contributed by atoms with Crippen molar-refractivity contribution in [2.75, 3.05) is 6.54 Å². The van der Waals surface area contributed by atoms with Gasteiger partial charge in [-0.15, -0.1) is 12.4 Å². The molecule has 3 N–H and O–H groups in total. The van der Waals surface area contributed by atoms with E-state index >= 15 is 0 Å². The SMILES string of the molecule is CC(CC(=O)N1CCCCC1C(C)N)NC(=O)C1CCCCC1.Cl. The number of hydrogen-bond donors (Lipinski definition) is 2. The average Bonchev–Trinajstić information content (AvgIpc) is 2.55. The standard InChI is InChI=1S/C18H33N3O2.ClH/c1-13(20-18(23)15-8-4-3-5-9-15)12-17(22)21-11-7-6-10-16(21)14(2)19;/h13-16H,3-12,19H2,1-2H3,(H,20,23);1H. The number of amides is 2. The number of rotatable bonds is 5. The number of nitrogens with two attached hydrogens (primary N) is 1. The van der Waals surface area contributed by atoms with Crippen molar-refractivity contribution in [3.63, 3.8) is 0 Å². The van der Waals surface area contributed by atoms with Gasteiger partial charge >= 0.3 is 0 Å². The van der Waals surface area contributed by atoms with Crippen molar-refractivity contribution in [1.82, 2.24) is 10.2 Å². The maximum absolute atomic E-state index is 12.6. The van der Waals surface area contributed by atoms with Crippen LogP contribution in [0.1, 0.15) is 71.6 Å². The fraction of sp³-hybridized carbons (Fsp3) is 0.889. The molecule has 3 unspecified atom stereocenters.